The van der Waals surface area contributed by atoms with Crippen LogP contribution < -0.4 is 5.32 Å². The Balaban J connectivity index is -0.000000607. The van der Waals surface area contributed by atoms with Gasteiger partial charge in [0.05, 0.1) is 24.7 Å². The molecule has 1 aliphatic rings. The molecule has 31 heavy (non-hydrogen) atoms. The number of likely N-dealkylation sites (tertiary alicyclic amines) is 1. The fourth-order valence-electron chi connectivity index (χ4n) is 2.83. The topological polar surface area (TPSA) is 89.0 Å². The number of hydrogen-bond donors (Lipinski definition) is 2. The Bertz CT molecular complexity index is 912. The molecule has 15 heteroatoms. The van der Waals surface area contributed by atoms with Gasteiger partial charge in [-0.3, -0.25) is 9.59 Å². The van der Waals surface area contributed by atoms with Gasteiger partial charge in [0.1, 0.15) is 6.04 Å². The van der Waals surface area contributed by atoms with Gasteiger partial charge in [-0.2, -0.15) is 5.26 Å². The first-order valence-corrected chi connectivity index (χ1v) is 8.22. The summed E-state index contributed by atoms with van der Waals surface area (Å²) in [5, 5.41) is 12.0. The number of alkyl halides is 2. The van der Waals surface area contributed by atoms with Gasteiger partial charge < -0.3 is 15.2 Å². The van der Waals surface area contributed by atoms with Crippen molar-refractivity contribution in [2.45, 2.75) is 18.4 Å². The molecular formula is C16H13BrF2N4O2Y6. The number of rotatable bonds is 3. The van der Waals surface area contributed by atoms with Gasteiger partial charge in [-0.1, -0.05) is 22.0 Å². The van der Waals surface area contributed by atoms with Gasteiger partial charge in [0.2, 0.25) is 5.91 Å². The number of nitriles is 1. The van der Waals surface area contributed by atoms with E-state index in [-0.39, 0.29) is 196 Å². The van der Waals surface area contributed by atoms with Crippen molar-refractivity contribution in [1.82, 2.24) is 15.2 Å². The Kier molecular flexibility index (Phi) is 26.2. The van der Waals surface area contributed by atoms with Gasteiger partial charge in [0.25, 0.3) is 11.8 Å². The second-order valence-electron chi connectivity index (χ2n) is 5.80. The number of benzene rings is 1. The van der Waals surface area contributed by atoms with Gasteiger partial charge in [-0.15, -0.1) is 0 Å². The number of halogens is 3. The van der Waals surface area contributed by atoms with E-state index in [4.69, 9.17) is 5.26 Å². The van der Waals surface area contributed by atoms with Gasteiger partial charge in [-0.25, -0.2) is 8.78 Å². The van der Waals surface area contributed by atoms with Crippen LogP contribution in [-0.2, 0) is 201 Å². The molecule has 1 aromatic carbocycles. The van der Waals surface area contributed by atoms with Gasteiger partial charge in [-0.05, 0) is 12.1 Å². The van der Waals surface area contributed by atoms with Crippen LogP contribution in [0.1, 0.15) is 16.8 Å². The molecule has 6 nitrogen and oxygen atoms in total. The second-order valence-corrected chi connectivity index (χ2v) is 6.72. The Labute approximate surface area is 338 Å². The molecule has 1 atom stereocenters. The van der Waals surface area contributed by atoms with Crippen molar-refractivity contribution in [3.63, 3.8) is 0 Å². The number of aromatic amines is 1. The first-order valence-electron chi connectivity index (χ1n) is 7.42. The first kappa shape index (κ1) is 42.2. The number of H-pyrrole nitrogens is 1. The van der Waals surface area contributed by atoms with E-state index in [1.54, 1.807) is 24.3 Å². The minimum absolute atomic E-state index is 0. The van der Waals surface area contributed by atoms with Crippen molar-refractivity contribution in [2.75, 3.05) is 13.1 Å². The van der Waals surface area contributed by atoms with E-state index >= 15 is 0 Å². The number of nitrogens with zero attached hydrogens (tertiary/aromatic N) is 2. The Morgan fingerprint density at radius 1 is 1.23 bits per heavy atom. The molecule has 0 bridgehead atoms. The maximum absolute atomic E-state index is 13.4. The Morgan fingerprint density at radius 2 is 1.84 bits per heavy atom. The van der Waals surface area contributed by atoms with Crippen molar-refractivity contribution in [3.05, 3.63) is 34.4 Å². The predicted octanol–water partition coefficient (Wildman–Crippen LogP) is 2.40. The number of aromatic nitrogens is 1. The van der Waals surface area contributed by atoms with Crippen molar-refractivity contribution >= 4 is 38.6 Å². The Morgan fingerprint density at radius 3 is 2.42 bits per heavy atom. The molecule has 1 aromatic heterocycles. The van der Waals surface area contributed by atoms with E-state index in [9.17, 15) is 18.4 Å². The molecule has 2 amide bonds. The van der Waals surface area contributed by atoms with E-state index in [0.717, 1.165) is 14.9 Å². The van der Waals surface area contributed by atoms with E-state index in [1.807, 2.05) is 0 Å². The molecule has 148 valence electrons. The summed E-state index contributed by atoms with van der Waals surface area (Å²) in [6.07, 6.45) is 0.833. The Hall–Kier alpha value is 4.15. The van der Waals surface area contributed by atoms with Crippen LogP contribution >= 0.6 is 15.9 Å². The van der Waals surface area contributed by atoms with E-state index in [2.05, 4.69) is 26.2 Å². The molecule has 1 fully saturated rings. The third-order valence-electron chi connectivity index (χ3n) is 4.03. The zero-order valence-electron chi connectivity index (χ0n) is 16.3. The smallest absolute Gasteiger partial charge is 0.268 e. The molecule has 2 heterocycles. The van der Waals surface area contributed by atoms with Gasteiger partial charge in [0.15, 0.2) is 0 Å². The third-order valence-corrected chi connectivity index (χ3v) is 4.52. The van der Waals surface area contributed by atoms with E-state index < -0.39 is 43.3 Å². The molecule has 0 saturated carbocycles. The van der Waals surface area contributed by atoms with Crippen LogP contribution in [0.4, 0.5) is 8.78 Å². The number of nitrogens with one attached hydrogen (secondary N) is 2. The first-order chi connectivity index (χ1) is 11.8. The monoisotopic (exact) mass is 943 g/mol. The number of fused-ring (bicyclic) bond motifs is 1. The summed E-state index contributed by atoms with van der Waals surface area (Å²) in [5.74, 6) is -4.29. The normalized spacial score (nSPS) is 15.3. The van der Waals surface area contributed by atoms with Crippen molar-refractivity contribution in [3.8, 4) is 6.07 Å². The predicted molar refractivity (Wildman–Crippen MR) is 89.0 cm³/mol. The molecule has 6 radical (unpaired) electrons. The van der Waals surface area contributed by atoms with Crippen LogP contribution in [0.5, 0.6) is 0 Å². The molecule has 1 aliphatic heterocycles. The van der Waals surface area contributed by atoms with Gasteiger partial charge >= 0.3 is 0 Å². The van der Waals surface area contributed by atoms with Crippen LogP contribution in [0.25, 0.3) is 10.9 Å². The quantitative estimate of drug-likeness (QED) is 0.497. The average molecular weight is 945 g/mol. The SMILES string of the molecule is N#CC1CC(F)(F)CN1C(=O)CNC(=O)c1c[nH]c2cc(Br)ccc12.[Y].[Y].[Y].[Y].[Y].[Y]. The molecular weight excluding hydrogens is 932 g/mol. The van der Waals surface area contributed by atoms with Crippen molar-refractivity contribution in [1.29, 1.82) is 5.26 Å². The van der Waals surface area contributed by atoms with Crippen LogP contribution in [-0.4, -0.2) is 46.8 Å². The number of amides is 2. The van der Waals surface area contributed by atoms with Crippen LogP contribution in [0.3, 0.4) is 0 Å². The van der Waals surface area contributed by atoms with Crippen molar-refractivity contribution in [2.24, 2.45) is 0 Å². The molecule has 0 aliphatic carbocycles. The molecule has 2 N–H and O–H groups in total. The van der Waals surface area contributed by atoms with E-state index in [0.29, 0.717) is 10.9 Å². The molecule has 3 rings (SSSR count). The molecule has 1 saturated heterocycles. The summed E-state index contributed by atoms with van der Waals surface area (Å²) in [5.41, 5.74) is 1.09. The minimum atomic E-state index is -3.08. The maximum Gasteiger partial charge on any atom is 0.268 e. The summed E-state index contributed by atoms with van der Waals surface area (Å²) in [6, 6.07) is 5.86. The molecule has 1 unspecified atom stereocenters. The second kappa shape index (κ2) is 19.3. The van der Waals surface area contributed by atoms with E-state index in [1.165, 1.54) is 6.20 Å². The summed E-state index contributed by atoms with van der Waals surface area (Å²) in [4.78, 5) is 28.1. The largest absolute Gasteiger partial charge is 0.360 e. The standard InChI is InChI=1S/C16H13BrF2N4O2.6Y/c17-9-1-2-11-12(6-21-13(11)3-9)15(25)22-7-14(24)23-8-16(18,19)4-10(23)5-20;;;;;;/h1-3,6,10,21H,4,7-8H2,(H,22,25);;;;;;. The number of hydrogen-bond acceptors (Lipinski definition) is 3. The van der Waals surface area contributed by atoms with Crippen LogP contribution in [0.2, 0.25) is 0 Å². The zero-order valence-corrected chi connectivity index (χ0v) is 34.9. The summed E-state index contributed by atoms with van der Waals surface area (Å²) < 4.78 is 27.6. The molecule has 0 spiro atoms. The fourth-order valence-corrected chi connectivity index (χ4v) is 3.19. The van der Waals surface area contributed by atoms with Crippen LogP contribution in [0.15, 0.2) is 28.9 Å². The summed E-state index contributed by atoms with van der Waals surface area (Å²) >= 11 is 3.33. The number of carbonyl (C=O) groups is 2. The third kappa shape index (κ3) is 11.6. The fraction of sp³-hybridized carbons (Fsp3) is 0.312. The summed E-state index contributed by atoms with van der Waals surface area (Å²) in [7, 11) is 0. The minimum Gasteiger partial charge on any atom is -0.360 e. The van der Waals surface area contributed by atoms with Crippen molar-refractivity contribution < 1.29 is 215 Å². The molecule has 2 aromatic rings. The van der Waals surface area contributed by atoms with Crippen LogP contribution in [0, 0.1) is 11.3 Å². The maximum atomic E-state index is 13.4. The number of carbonyl (C=O) groups excluding carboxylic acids is 2. The van der Waals surface area contributed by atoms with Gasteiger partial charge in [0, 0.05) is 224 Å². The average Bonchev–Trinajstić information content (AvgIpc) is 3.11. The zero-order chi connectivity index (χ0) is 18.2. The summed E-state index contributed by atoms with van der Waals surface area (Å²) in [6.45, 7) is -1.25.